The summed E-state index contributed by atoms with van der Waals surface area (Å²) < 4.78 is 0. The molecule has 1 N–H and O–H groups in total. The zero-order chi connectivity index (χ0) is 6.69. The first-order valence-electron chi connectivity index (χ1n) is 3.17. The molecule has 0 saturated carbocycles. The summed E-state index contributed by atoms with van der Waals surface area (Å²) in [4.78, 5) is 0. The van der Waals surface area contributed by atoms with Gasteiger partial charge in [0.15, 0.2) is 0 Å². The summed E-state index contributed by atoms with van der Waals surface area (Å²) in [7, 11) is 0. The van der Waals surface area contributed by atoms with Gasteiger partial charge in [0.25, 0.3) is 0 Å². The van der Waals surface area contributed by atoms with E-state index in [0.29, 0.717) is 18.4 Å². The van der Waals surface area contributed by atoms with Crippen molar-refractivity contribution in [2.45, 2.75) is 0 Å². The summed E-state index contributed by atoms with van der Waals surface area (Å²) in [6.45, 7) is 4.35. The molecule has 0 aromatic heterocycles. The minimum absolute atomic E-state index is 0. The topological polar surface area (TPSA) is 23.8 Å². The van der Waals surface area contributed by atoms with Gasteiger partial charge in [-0.1, -0.05) is 24.1 Å². The third-order valence-corrected chi connectivity index (χ3v) is 1.61. The van der Waals surface area contributed by atoms with Crippen LogP contribution >= 0.6 is 0 Å². The molecule has 1 rings (SSSR count). The van der Waals surface area contributed by atoms with Crippen molar-refractivity contribution in [3.63, 3.8) is 0 Å². The van der Waals surface area contributed by atoms with Gasteiger partial charge in [-0.2, -0.15) is 0 Å². The van der Waals surface area contributed by atoms with Crippen LogP contribution in [0.1, 0.15) is 0 Å². The normalized spacial score (nSPS) is 29.8. The average molecular weight is 210 g/mol. The van der Waals surface area contributed by atoms with Crippen molar-refractivity contribution >= 4 is 0 Å². The Morgan fingerprint density at radius 3 is 2.30 bits per heavy atom. The number of nitrogens with one attached hydrogen (secondary N) is 1. The van der Waals surface area contributed by atoms with Crippen molar-refractivity contribution in [3.05, 3.63) is 37.0 Å². The van der Waals surface area contributed by atoms with E-state index in [2.05, 4.69) is 6.92 Å². The second-order valence-electron chi connectivity index (χ2n) is 2.30. The summed E-state index contributed by atoms with van der Waals surface area (Å²) in [5, 5.41) is 0. The monoisotopic (exact) mass is 210 g/mol. The van der Waals surface area contributed by atoms with Crippen molar-refractivity contribution in [1.29, 1.82) is 0 Å². The predicted octanol–water partition coefficient (Wildman–Crippen LogP) is 2.23. The first kappa shape index (κ1) is 10.5. The second kappa shape index (κ2) is 5.23. The summed E-state index contributed by atoms with van der Waals surface area (Å²) in [5.41, 5.74) is 7.10. The molecule has 2 unspecified atom stereocenters. The van der Waals surface area contributed by atoms with Crippen molar-refractivity contribution in [1.82, 2.24) is 0 Å². The van der Waals surface area contributed by atoms with Crippen LogP contribution in [0.15, 0.2) is 24.3 Å². The van der Waals surface area contributed by atoms with E-state index < -0.39 is 0 Å². The van der Waals surface area contributed by atoms with Crippen molar-refractivity contribution in [2.24, 2.45) is 11.8 Å². The van der Waals surface area contributed by atoms with Gasteiger partial charge in [0, 0.05) is 32.7 Å². The Bertz CT molecular complexity index is 140. The van der Waals surface area contributed by atoms with Gasteiger partial charge in [-0.3, -0.25) is 0 Å². The maximum Gasteiger partial charge on any atom is 0 e. The molecule has 0 aromatic carbocycles. The Morgan fingerprint density at radius 1 is 1.30 bits per heavy atom. The second-order valence-corrected chi connectivity index (χ2v) is 2.30. The molecule has 0 spiro atoms. The van der Waals surface area contributed by atoms with Crippen LogP contribution < -0.4 is 0 Å². The van der Waals surface area contributed by atoms with Gasteiger partial charge in [0.2, 0.25) is 0 Å². The molecule has 2 atom stereocenters. The molecule has 2 heteroatoms. The molecular weight excluding hydrogens is 199 g/mol. The Hall–Kier alpha value is 0.544. The van der Waals surface area contributed by atoms with E-state index in [1.54, 1.807) is 0 Å². The molecule has 1 nitrogen and oxygen atoms in total. The summed E-state index contributed by atoms with van der Waals surface area (Å²) in [6.07, 6.45) is 8.06. The van der Waals surface area contributed by atoms with E-state index in [-0.39, 0.29) is 32.7 Å². The van der Waals surface area contributed by atoms with Crippen LogP contribution in [0.3, 0.4) is 0 Å². The largest absolute Gasteiger partial charge is 0.677 e. The fraction of sp³-hybridized carbons (Fsp3) is 0.375. The molecule has 1 aliphatic carbocycles. The molecule has 0 fully saturated rings. The van der Waals surface area contributed by atoms with Gasteiger partial charge in [0.05, 0.1) is 0 Å². The number of allylic oxidation sites excluding steroid dienone is 3. The molecule has 0 bridgehead atoms. The molecule has 0 amide bonds. The van der Waals surface area contributed by atoms with Crippen molar-refractivity contribution in [2.75, 3.05) is 6.54 Å². The van der Waals surface area contributed by atoms with Crippen LogP contribution in [0.5, 0.6) is 0 Å². The quantitative estimate of drug-likeness (QED) is 0.592. The van der Waals surface area contributed by atoms with Crippen LogP contribution in [0.4, 0.5) is 0 Å². The predicted molar refractivity (Wildman–Crippen MR) is 39.8 cm³/mol. The van der Waals surface area contributed by atoms with Crippen molar-refractivity contribution in [3.8, 4) is 0 Å². The smallest absolute Gasteiger partial charge is 0 e. The molecule has 1 radical (unpaired) electrons. The van der Waals surface area contributed by atoms with Crippen LogP contribution in [0.25, 0.3) is 5.73 Å². The SMILES string of the molecule is [CH2-]C1C=CC=CC1C[NH-].[Y]. The zero-order valence-electron chi connectivity index (χ0n) is 5.96. The Labute approximate surface area is 87.6 Å². The molecule has 53 valence electrons. The maximum absolute atomic E-state index is 7.10. The fourth-order valence-corrected chi connectivity index (χ4v) is 0.919. The van der Waals surface area contributed by atoms with E-state index in [1.165, 1.54) is 0 Å². The maximum atomic E-state index is 7.10. The standard InChI is InChI=1S/C8H11N.Y/c1-7-4-2-3-5-8(7)6-9;/h2-5,7-9H,1,6H2;/q-2;. The van der Waals surface area contributed by atoms with E-state index in [0.717, 1.165) is 0 Å². The minimum Gasteiger partial charge on any atom is -0.677 e. The average Bonchev–Trinajstić information content (AvgIpc) is 1.89. The molecule has 10 heavy (non-hydrogen) atoms. The molecule has 0 aliphatic heterocycles. The van der Waals surface area contributed by atoms with Crippen LogP contribution in [-0.2, 0) is 32.7 Å². The molecule has 0 aromatic rings. The van der Waals surface area contributed by atoms with Crippen LogP contribution in [0, 0.1) is 18.8 Å². The van der Waals surface area contributed by atoms with Crippen LogP contribution in [-0.4, -0.2) is 6.54 Å². The minimum atomic E-state index is 0. The Balaban J connectivity index is 0.000000810. The number of hydrogen-bond acceptors (Lipinski definition) is 0. The Kier molecular flexibility index (Phi) is 5.51. The van der Waals surface area contributed by atoms with E-state index in [1.807, 2.05) is 24.3 Å². The first-order valence-corrected chi connectivity index (χ1v) is 3.17. The van der Waals surface area contributed by atoms with E-state index in [4.69, 9.17) is 5.73 Å². The van der Waals surface area contributed by atoms with Crippen molar-refractivity contribution < 1.29 is 32.7 Å². The third kappa shape index (κ3) is 2.65. The van der Waals surface area contributed by atoms with E-state index in [9.17, 15) is 0 Å². The number of hydrogen-bond donors (Lipinski definition) is 0. The Morgan fingerprint density at radius 2 is 1.90 bits per heavy atom. The van der Waals surface area contributed by atoms with Gasteiger partial charge in [-0.15, -0.1) is 18.5 Å². The van der Waals surface area contributed by atoms with Crippen LogP contribution in [0.2, 0.25) is 0 Å². The fourth-order valence-electron chi connectivity index (χ4n) is 0.919. The van der Waals surface area contributed by atoms with Gasteiger partial charge in [-0.25, -0.2) is 0 Å². The molecule has 1 aliphatic rings. The number of rotatable bonds is 1. The summed E-state index contributed by atoms with van der Waals surface area (Å²) in [5.74, 6) is 0.655. The van der Waals surface area contributed by atoms with Gasteiger partial charge in [0.1, 0.15) is 0 Å². The molecular formula is C8H11NY-2. The van der Waals surface area contributed by atoms with Gasteiger partial charge >= 0.3 is 0 Å². The molecule has 0 saturated heterocycles. The van der Waals surface area contributed by atoms with E-state index >= 15 is 0 Å². The summed E-state index contributed by atoms with van der Waals surface area (Å²) in [6, 6.07) is 0. The van der Waals surface area contributed by atoms with Gasteiger partial charge < -0.3 is 12.7 Å². The zero-order valence-corrected chi connectivity index (χ0v) is 8.79. The third-order valence-electron chi connectivity index (χ3n) is 1.61. The summed E-state index contributed by atoms with van der Waals surface area (Å²) >= 11 is 0. The van der Waals surface area contributed by atoms with Gasteiger partial charge in [-0.05, 0) is 0 Å². The first-order chi connectivity index (χ1) is 4.34. The molecule has 0 heterocycles.